The molecule has 0 aliphatic heterocycles. The largest absolute Gasteiger partial charge is 0.493 e. The van der Waals surface area contributed by atoms with Crippen molar-refractivity contribution in [2.24, 2.45) is 5.41 Å². The van der Waals surface area contributed by atoms with E-state index >= 15 is 0 Å². The second-order valence-corrected chi connectivity index (χ2v) is 16.7. The number of ether oxygens (including phenoxy) is 6. The van der Waals surface area contributed by atoms with E-state index in [0.717, 1.165) is 34.5 Å². The molecule has 0 aromatic heterocycles. The second kappa shape index (κ2) is 16.5. The molecule has 0 saturated heterocycles. The summed E-state index contributed by atoms with van der Waals surface area (Å²) in [7, 11) is 8.86. The Morgan fingerprint density at radius 2 is 0.756 bits per heavy atom. The summed E-state index contributed by atoms with van der Waals surface area (Å²) < 4.78 is 33.9. The summed E-state index contributed by atoms with van der Waals surface area (Å²) in [6.07, 6.45) is 3.69. The third-order valence-electron chi connectivity index (χ3n) is 8.13. The van der Waals surface area contributed by atoms with Gasteiger partial charge in [0.2, 0.25) is 0 Å². The zero-order valence-corrected chi connectivity index (χ0v) is 30.3. The summed E-state index contributed by atoms with van der Waals surface area (Å²) in [5.41, 5.74) is 0.289. The Hall–Kier alpha value is -2.89. The van der Waals surface area contributed by atoms with Crippen LogP contribution in [0.5, 0.6) is 34.5 Å². The maximum absolute atomic E-state index is 5.74. The third kappa shape index (κ3) is 8.80. The Morgan fingerprint density at radius 1 is 0.463 bits per heavy atom. The molecule has 3 aromatic carbocycles. The van der Waals surface area contributed by atoms with Gasteiger partial charge in [-0.2, -0.15) is 0 Å². The molecule has 41 heavy (non-hydrogen) atoms. The molecule has 0 aliphatic rings. The first-order valence-corrected chi connectivity index (χ1v) is 19.6. The molecule has 3 aromatic rings. The van der Waals surface area contributed by atoms with Crippen molar-refractivity contribution in [2.75, 3.05) is 42.7 Å². The van der Waals surface area contributed by atoms with Crippen LogP contribution < -0.4 is 44.0 Å². The molecule has 0 spiro atoms. The fourth-order valence-corrected chi connectivity index (χ4v) is 12.7. The van der Waals surface area contributed by atoms with Gasteiger partial charge in [-0.1, -0.05) is 80.7 Å². The molecule has 9 heteroatoms. The molecule has 0 heterocycles. The molecule has 0 atom stereocenters. The maximum atomic E-state index is 5.74. The number of rotatable bonds is 18. The Bertz CT molecular complexity index is 1090. The Balaban J connectivity index is 1.71. The predicted molar refractivity (Wildman–Crippen MR) is 180 cm³/mol. The van der Waals surface area contributed by atoms with Crippen LogP contribution >= 0.6 is 0 Å². The van der Waals surface area contributed by atoms with Gasteiger partial charge in [0.25, 0.3) is 0 Å². The molecule has 0 radical (unpaired) electrons. The molecule has 0 N–H and O–H groups in total. The van der Waals surface area contributed by atoms with Gasteiger partial charge in [0.1, 0.15) is 0 Å². The van der Waals surface area contributed by atoms with E-state index < -0.39 is 28.6 Å². The average Bonchev–Trinajstić information content (AvgIpc) is 3.00. The lowest BCUT2D eigenvalue weighted by atomic mass is 9.82. The minimum absolute atomic E-state index is 0.289. The Labute approximate surface area is 253 Å². The van der Waals surface area contributed by atoms with Gasteiger partial charge in [0.15, 0.2) is 34.5 Å². The van der Waals surface area contributed by atoms with E-state index in [2.05, 4.69) is 43.3 Å². The van der Waals surface area contributed by atoms with Crippen molar-refractivity contribution in [3.63, 3.8) is 0 Å². The first-order chi connectivity index (χ1) is 19.9. The maximum Gasteiger partial charge on any atom is 0.160 e. The van der Waals surface area contributed by atoms with E-state index in [0.29, 0.717) is 0 Å². The van der Waals surface area contributed by atoms with Gasteiger partial charge < -0.3 is 28.4 Å². The van der Waals surface area contributed by atoms with Gasteiger partial charge in [-0.3, -0.25) is 0 Å². The molecule has 224 valence electrons. The number of para-hydroxylation sites is 3. The number of hydrogen-bond donors (Lipinski definition) is 0. The Kier molecular flexibility index (Phi) is 13.2. The zero-order valence-electron chi connectivity index (χ0n) is 26.0. The standard InChI is InChI=1S/C32H48O6Si3/c1-32(17-20-39-26-14-8-11-23(33-2)29(26)36-5,18-21-40-27-15-9-12-24(34-3)30(27)37-6)19-22-41-28-16-10-13-25(35-4)31(28)38-7/h8-16H,17-22,39-41H2,1-7H3. The van der Waals surface area contributed by atoms with Crippen molar-refractivity contribution < 1.29 is 28.4 Å². The summed E-state index contributed by atoms with van der Waals surface area (Å²) in [4.78, 5) is 0. The fourth-order valence-electron chi connectivity index (χ4n) is 5.94. The molecule has 0 bridgehead atoms. The van der Waals surface area contributed by atoms with E-state index in [1.165, 1.54) is 53.0 Å². The molecule has 0 fully saturated rings. The van der Waals surface area contributed by atoms with Gasteiger partial charge in [-0.15, -0.1) is 0 Å². The van der Waals surface area contributed by atoms with Crippen LogP contribution in [0.25, 0.3) is 0 Å². The highest BCUT2D eigenvalue weighted by atomic mass is 28.2. The SMILES string of the molecule is COc1cccc([SiH2]CCC(C)(CC[SiH2]c2cccc(OC)c2OC)CC[SiH2]c2cccc(OC)c2OC)c1OC. The predicted octanol–water partition coefficient (Wildman–Crippen LogP) is 2.95. The summed E-state index contributed by atoms with van der Waals surface area (Å²) in [6.45, 7) is 2.51. The topological polar surface area (TPSA) is 55.4 Å². The van der Waals surface area contributed by atoms with E-state index in [4.69, 9.17) is 28.4 Å². The number of methoxy groups -OCH3 is 6. The molecular formula is C32H48O6Si3. The zero-order chi connectivity index (χ0) is 29.7. The van der Waals surface area contributed by atoms with Crippen LogP contribution in [0.1, 0.15) is 26.2 Å². The van der Waals surface area contributed by atoms with E-state index in [-0.39, 0.29) is 5.41 Å². The minimum Gasteiger partial charge on any atom is -0.493 e. The summed E-state index contributed by atoms with van der Waals surface area (Å²) in [6, 6.07) is 22.6. The smallest absolute Gasteiger partial charge is 0.160 e. The van der Waals surface area contributed by atoms with Crippen LogP contribution in [-0.2, 0) is 0 Å². The van der Waals surface area contributed by atoms with Crippen molar-refractivity contribution in [3.8, 4) is 34.5 Å². The van der Waals surface area contributed by atoms with Crippen molar-refractivity contribution in [3.05, 3.63) is 54.6 Å². The van der Waals surface area contributed by atoms with Crippen molar-refractivity contribution >= 4 is 44.1 Å². The number of benzene rings is 3. The third-order valence-corrected chi connectivity index (χ3v) is 13.5. The van der Waals surface area contributed by atoms with Crippen molar-refractivity contribution in [2.45, 2.75) is 44.3 Å². The fraction of sp³-hybridized carbons (Fsp3) is 0.438. The number of hydrogen-bond acceptors (Lipinski definition) is 6. The van der Waals surface area contributed by atoms with E-state index in [1.807, 2.05) is 18.2 Å². The average molecular weight is 613 g/mol. The molecule has 0 unspecified atom stereocenters. The quantitative estimate of drug-likeness (QED) is 0.206. The first kappa shape index (κ1) is 32.6. The van der Waals surface area contributed by atoms with Crippen molar-refractivity contribution in [1.82, 2.24) is 0 Å². The van der Waals surface area contributed by atoms with Gasteiger partial charge in [-0.05, 0) is 39.2 Å². The molecule has 0 saturated carbocycles. The van der Waals surface area contributed by atoms with Gasteiger partial charge in [0, 0.05) is 0 Å². The highest BCUT2D eigenvalue weighted by Crippen LogP contribution is 2.36. The van der Waals surface area contributed by atoms with Crippen LogP contribution in [0, 0.1) is 5.41 Å². The molecule has 3 rings (SSSR count). The van der Waals surface area contributed by atoms with Crippen LogP contribution in [0.3, 0.4) is 0 Å². The van der Waals surface area contributed by atoms with E-state index in [9.17, 15) is 0 Å². The normalized spacial score (nSPS) is 13.2. The summed E-state index contributed by atoms with van der Waals surface area (Å²) >= 11 is 0. The van der Waals surface area contributed by atoms with Gasteiger partial charge in [-0.25, -0.2) is 0 Å². The molecule has 0 amide bonds. The Morgan fingerprint density at radius 3 is 1.00 bits per heavy atom. The highest BCUT2D eigenvalue weighted by molar-refractivity contribution is 6.55. The summed E-state index contributed by atoms with van der Waals surface area (Å²) in [5.74, 6) is 5.24. The van der Waals surface area contributed by atoms with Crippen LogP contribution in [0.2, 0.25) is 18.1 Å². The first-order valence-electron chi connectivity index (χ1n) is 14.5. The minimum atomic E-state index is -0.503. The van der Waals surface area contributed by atoms with Crippen molar-refractivity contribution in [1.29, 1.82) is 0 Å². The van der Waals surface area contributed by atoms with Crippen LogP contribution in [0.15, 0.2) is 54.6 Å². The van der Waals surface area contributed by atoms with Gasteiger partial charge in [0.05, 0.1) is 71.2 Å². The lowest BCUT2D eigenvalue weighted by Gasteiger charge is -2.30. The summed E-state index contributed by atoms with van der Waals surface area (Å²) in [5, 5.41) is 4.04. The van der Waals surface area contributed by atoms with Crippen LogP contribution in [-0.4, -0.2) is 71.2 Å². The van der Waals surface area contributed by atoms with E-state index in [1.54, 1.807) is 42.7 Å². The van der Waals surface area contributed by atoms with Gasteiger partial charge >= 0.3 is 0 Å². The molecular weight excluding hydrogens is 565 g/mol. The molecule has 0 aliphatic carbocycles. The highest BCUT2D eigenvalue weighted by Gasteiger charge is 2.25. The lowest BCUT2D eigenvalue weighted by Crippen LogP contribution is -2.26. The second-order valence-electron chi connectivity index (χ2n) is 10.8. The molecule has 6 nitrogen and oxygen atoms in total. The van der Waals surface area contributed by atoms with Crippen LogP contribution in [0.4, 0.5) is 0 Å². The lowest BCUT2D eigenvalue weighted by molar-refractivity contribution is 0.286. The monoisotopic (exact) mass is 612 g/mol.